The molecule has 0 saturated carbocycles. The van der Waals surface area contributed by atoms with Crippen LogP contribution in [0.15, 0.2) is 0 Å². The zero-order chi connectivity index (χ0) is 11.0. The lowest BCUT2D eigenvalue weighted by Gasteiger charge is -2.12. The first-order chi connectivity index (χ1) is 6.56. The Labute approximate surface area is 86.1 Å². The second-order valence-electron chi connectivity index (χ2n) is 3.99. The van der Waals surface area contributed by atoms with Gasteiger partial charge in [0.2, 0.25) is 5.91 Å². The normalized spacial score (nSPS) is 12.9. The minimum atomic E-state index is 0.0171. The number of aliphatic hydroxyl groups is 1. The molecule has 14 heavy (non-hydrogen) atoms. The molecule has 0 fully saturated rings. The molecule has 0 aliphatic carbocycles. The monoisotopic (exact) mass is 202 g/mol. The Morgan fingerprint density at radius 1 is 1.36 bits per heavy atom. The van der Waals surface area contributed by atoms with Crippen LogP contribution in [0.2, 0.25) is 0 Å². The van der Waals surface area contributed by atoms with Crippen LogP contribution in [0.25, 0.3) is 0 Å². The molecule has 0 heterocycles. The second kappa shape index (κ2) is 7.76. The summed E-state index contributed by atoms with van der Waals surface area (Å²) >= 11 is 0. The van der Waals surface area contributed by atoms with Crippen LogP contribution < -0.4 is 10.6 Å². The maximum atomic E-state index is 11.2. The molecule has 0 radical (unpaired) electrons. The van der Waals surface area contributed by atoms with Gasteiger partial charge in [0.1, 0.15) is 0 Å². The molecule has 0 spiro atoms. The lowest BCUT2D eigenvalue weighted by molar-refractivity contribution is -0.120. The van der Waals surface area contributed by atoms with Crippen molar-refractivity contribution in [3.63, 3.8) is 0 Å². The van der Waals surface area contributed by atoms with Crippen LogP contribution in [-0.4, -0.2) is 36.8 Å². The van der Waals surface area contributed by atoms with Crippen molar-refractivity contribution in [1.29, 1.82) is 0 Å². The SMILES string of the molecule is CC(C)CNC(=O)CNC(C)CCO. The third-order valence-electron chi connectivity index (χ3n) is 1.88. The lowest BCUT2D eigenvalue weighted by Crippen LogP contribution is -2.39. The number of carbonyl (C=O) groups is 1. The van der Waals surface area contributed by atoms with E-state index in [1.165, 1.54) is 0 Å². The maximum Gasteiger partial charge on any atom is 0.233 e. The summed E-state index contributed by atoms with van der Waals surface area (Å²) in [5.41, 5.74) is 0. The van der Waals surface area contributed by atoms with Gasteiger partial charge in [0.25, 0.3) is 0 Å². The summed E-state index contributed by atoms with van der Waals surface area (Å²) in [5.74, 6) is 0.498. The smallest absolute Gasteiger partial charge is 0.233 e. The molecular formula is C10H22N2O2. The lowest BCUT2D eigenvalue weighted by atomic mass is 10.2. The first kappa shape index (κ1) is 13.4. The molecule has 0 aromatic heterocycles. The summed E-state index contributed by atoms with van der Waals surface area (Å²) in [5, 5.41) is 14.5. The van der Waals surface area contributed by atoms with Crippen LogP contribution in [-0.2, 0) is 4.79 Å². The molecule has 4 nitrogen and oxygen atoms in total. The number of hydrogen-bond donors (Lipinski definition) is 3. The summed E-state index contributed by atoms with van der Waals surface area (Å²) in [6.45, 7) is 7.26. The molecule has 1 unspecified atom stereocenters. The van der Waals surface area contributed by atoms with E-state index in [2.05, 4.69) is 24.5 Å². The maximum absolute atomic E-state index is 11.2. The Morgan fingerprint density at radius 3 is 2.50 bits per heavy atom. The van der Waals surface area contributed by atoms with E-state index in [-0.39, 0.29) is 18.6 Å². The summed E-state index contributed by atoms with van der Waals surface area (Å²) in [6.07, 6.45) is 0.678. The van der Waals surface area contributed by atoms with Gasteiger partial charge in [0.15, 0.2) is 0 Å². The minimum Gasteiger partial charge on any atom is -0.396 e. The standard InChI is InChI=1S/C10H22N2O2/c1-8(2)6-12-10(14)7-11-9(3)4-5-13/h8-9,11,13H,4-7H2,1-3H3,(H,12,14). The summed E-state index contributed by atoms with van der Waals surface area (Å²) in [4.78, 5) is 11.2. The van der Waals surface area contributed by atoms with Crippen LogP contribution in [0.4, 0.5) is 0 Å². The first-order valence-electron chi connectivity index (χ1n) is 5.17. The van der Waals surface area contributed by atoms with Gasteiger partial charge in [0.05, 0.1) is 6.54 Å². The molecule has 3 N–H and O–H groups in total. The Bertz CT molecular complexity index is 160. The number of aliphatic hydroxyl groups excluding tert-OH is 1. The highest BCUT2D eigenvalue weighted by Crippen LogP contribution is 1.88. The van der Waals surface area contributed by atoms with Crippen molar-refractivity contribution in [3.05, 3.63) is 0 Å². The van der Waals surface area contributed by atoms with E-state index in [0.717, 1.165) is 6.54 Å². The van der Waals surface area contributed by atoms with Crippen LogP contribution in [0.5, 0.6) is 0 Å². The van der Waals surface area contributed by atoms with Crippen molar-refractivity contribution in [1.82, 2.24) is 10.6 Å². The van der Waals surface area contributed by atoms with E-state index in [1.54, 1.807) is 0 Å². The fraction of sp³-hybridized carbons (Fsp3) is 0.900. The molecule has 1 atom stereocenters. The van der Waals surface area contributed by atoms with Crippen LogP contribution in [0.1, 0.15) is 27.2 Å². The zero-order valence-electron chi connectivity index (χ0n) is 9.34. The fourth-order valence-corrected chi connectivity index (χ4v) is 0.943. The van der Waals surface area contributed by atoms with E-state index in [9.17, 15) is 4.79 Å². The molecule has 0 saturated heterocycles. The summed E-state index contributed by atoms with van der Waals surface area (Å²) in [6, 6.07) is 0.185. The molecule has 84 valence electrons. The van der Waals surface area contributed by atoms with Crippen LogP contribution >= 0.6 is 0 Å². The number of hydrogen-bond acceptors (Lipinski definition) is 3. The quantitative estimate of drug-likeness (QED) is 0.549. The average molecular weight is 202 g/mol. The highest BCUT2D eigenvalue weighted by atomic mass is 16.3. The van der Waals surface area contributed by atoms with Crippen molar-refractivity contribution < 1.29 is 9.90 Å². The van der Waals surface area contributed by atoms with E-state index in [0.29, 0.717) is 18.9 Å². The highest BCUT2D eigenvalue weighted by Gasteiger charge is 2.04. The molecule has 0 aliphatic rings. The van der Waals surface area contributed by atoms with Gasteiger partial charge >= 0.3 is 0 Å². The molecule has 0 bridgehead atoms. The largest absolute Gasteiger partial charge is 0.396 e. The molecule has 1 amide bonds. The average Bonchev–Trinajstić information content (AvgIpc) is 2.12. The van der Waals surface area contributed by atoms with Gasteiger partial charge in [-0.15, -0.1) is 0 Å². The van der Waals surface area contributed by atoms with Crippen LogP contribution in [0, 0.1) is 5.92 Å². The Kier molecular flexibility index (Phi) is 7.42. The van der Waals surface area contributed by atoms with Gasteiger partial charge in [-0.1, -0.05) is 13.8 Å². The topological polar surface area (TPSA) is 61.4 Å². The number of nitrogens with one attached hydrogen (secondary N) is 2. The number of amides is 1. The molecule has 0 aromatic rings. The predicted octanol–water partition coefficient (Wildman–Crippen LogP) is 0.119. The van der Waals surface area contributed by atoms with Crippen molar-refractivity contribution in [2.45, 2.75) is 33.2 Å². The minimum absolute atomic E-state index is 0.0171. The third-order valence-corrected chi connectivity index (χ3v) is 1.88. The van der Waals surface area contributed by atoms with Crippen molar-refractivity contribution in [2.75, 3.05) is 19.7 Å². The molecule has 0 aliphatic heterocycles. The van der Waals surface area contributed by atoms with Gasteiger partial charge in [-0.3, -0.25) is 4.79 Å². The first-order valence-corrected chi connectivity index (χ1v) is 5.17. The van der Waals surface area contributed by atoms with E-state index < -0.39 is 0 Å². The molecule has 0 rings (SSSR count). The van der Waals surface area contributed by atoms with E-state index in [4.69, 9.17) is 5.11 Å². The number of rotatable bonds is 7. The molecule has 0 aromatic carbocycles. The van der Waals surface area contributed by atoms with Crippen molar-refractivity contribution in [2.24, 2.45) is 5.92 Å². The second-order valence-corrected chi connectivity index (χ2v) is 3.99. The summed E-state index contributed by atoms with van der Waals surface area (Å²) in [7, 11) is 0. The van der Waals surface area contributed by atoms with Gasteiger partial charge in [0, 0.05) is 19.2 Å². The van der Waals surface area contributed by atoms with Gasteiger partial charge in [-0.25, -0.2) is 0 Å². The Hall–Kier alpha value is -0.610. The highest BCUT2D eigenvalue weighted by molar-refractivity contribution is 5.77. The van der Waals surface area contributed by atoms with Gasteiger partial charge < -0.3 is 15.7 Å². The zero-order valence-corrected chi connectivity index (χ0v) is 9.34. The van der Waals surface area contributed by atoms with Crippen molar-refractivity contribution in [3.8, 4) is 0 Å². The number of carbonyl (C=O) groups excluding carboxylic acids is 1. The predicted molar refractivity (Wildman–Crippen MR) is 57.0 cm³/mol. The summed E-state index contributed by atoms with van der Waals surface area (Å²) < 4.78 is 0. The molecular weight excluding hydrogens is 180 g/mol. The Balaban J connectivity index is 3.43. The Morgan fingerprint density at radius 2 is 2.00 bits per heavy atom. The van der Waals surface area contributed by atoms with Crippen LogP contribution in [0.3, 0.4) is 0 Å². The van der Waals surface area contributed by atoms with E-state index in [1.807, 2.05) is 6.92 Å². The molecule has 4 heteroatoms. The van der Waals surface area contributed by atoms with Gasteiger partial charge in [-0.2, -0.15) is 0 Å². The van der Waals surface area contributed by atoms with Gasteiger partial charge in [-0.05, 0) is 19.3 Å². The fourth-order valence-electron chi connectivity index (χ4n) is 0.943. The van der Waals surface area contributed by atoms with E-state index >= 15 is 0 Å². The van der Waals surface area contributed by atoms with Crippen molar-refractivity contribution >= 4 is 5.91 Å². The third kappa shape index (κ3) is 8.01.